The lowest BCUT2D eigenvalue weighted by Gasteiger charge is -2.17. The van der Waals surface area contributed by atoms with Gasteiger partial charge in [0, 0.05) is 12.2 Å². The first kappa shape index (κ1) is 25.4. The van der Waals surface area contributed by atoms with Crippen LogP contribution in [0, 0.1) is 13.8 Å². The van der Waals surface area contributed by atoms with Crippen LogP contribution in [0.1, 0.15) is 50.1 Å². The number of aromatic nitrogens is 1. The standard InChI is InChI=1S/C26H31N3O4S/c1-5-29(6-2)15-16-32-26(31)20-9-11-21(12-10-20)28-25(30)24-19(4)27-23(34-24)17-33-22-13-7-18(3)8-14-22/h7-14H,5-6,15-17H2,1-4H3,(H,28,30). The number of likely N-dealkylation sites (N-methyl/N-ethyl adjacent to an activating group) is 1. The number of rotatable bonds is 11. The zero-order chi connectivity index (χ0) is 24.5. The van der Waals surface area contributed by atoms with Gasteiger partial charge in [0.25, 0.3) is 5.91 Å². The minimum atomic E-state index is -0.374. The van der Waals surface area contributed by atoms with Crippen molar-refractivity contribution < 1.29 is 19.1 Å². The summed E-state index contributed by atoms with van der Waals surface area (Å²) in [5, 5.41) is 3.59. The third-order valence-electron chi connectivity index (χ3n) is 5.34. The van der Waals surface area contributed by atoms with E-state index in [1.165, 1.54) is 11.3 Å². The number of aryl methyl sites for hydroxylation is 2. The summed E-state index contributed by atoms with van der Waals surface area (Å²) in [4.78, 5) is 32.2. The molecule has 1 aromatic heterocycles. The summed E-state index contributed by atoms with van der Waals surface area (Å²) in [7, 11) is 0. The van der Waals surface area contributed by atoms with Gasteiger partial charge in [-0.3, -0.25) is 4.79 Å². The van der Waals surface area contributed by atoms with Crippen molar-refractivity contribution in [2.24, 2.45) is 0 Å². The Balaban J connectivity index is 1.53. The van der Waals surface area contributed by atoms with Gasteiger partial charge in [-0.25, -0.2) is 9.78 Å². The molecule has 3 aromatic rings. The summed E-state index contributed by atoms with van der Waals surface area (Å²) in [5.41, 5.74) is 2.85. The van der Waals surface area contributed by atoms with Crippen molar-refractivity contribution in [3.63, 3.8) is 0 Å². The van der Waals surface area contributed by atoms with Crippen molar-refractivity contribution in [3.8, 4) is 5.75 Å². The molecule has 8 heteroatoms. The van der Waals surface area contributed by atoms with Crippen molar-refractivity contribution in [2.75, 3.05) is 31.6 Å². The molecule has 1 amide bonds. The average molecular weight is 482 g/mol. The van der Waals surface area contributed by atoms with Gasteiger partial charge in [0.2, 0.25) is 0 Å². The van der Waals surface area contributed by atoms with Gasteiger partial charge in [0.15, 0.2) is 0 Å². The highest BCUT2D eigenvalue weighted by atomic mass is 32.1. The number of benzene rings is 2. The number of carbonyl (C=O) groups excluding carboxylic acids is 2. The van der Waals surface area contributed by atoms with Gasteiger partial charge in [0.05, 0.1) is 11.3 Å². The number of nitrogens with zero attached hydrogens (tertiary/aromatic N) is 2. The van der Waals surface area contributed by atoms with Crippen LogP contribution in [0.2, 0.25) is 0 Å². The molecule has 0 atom stereocenters. The molecule has 7 nitrogen and oxygen atoms in total. The molecule has 0 saturated heterocycles. The first-order valence-electron chi connectivity index (χ1n) is 11.4. The van der Waals surface area contributed by atoms with E-state index in [1.807, 2.05) is 31.2 Å². The maximum Gasteiger partial charge on any atom is 0.338 e. The second-order valence-electron chi connectivity index (χ2n) is 7.82. The number of amides is 1. The Morgan fingerprint density at radius 3 is 2.32 bits per heavy atom. The fourth-order valence-corrected chi connectivity index (χ4v) is 4.15. The van der Waals surface area contributed by atoms with Crippen molar-refractivity contribution in [3.05, 3.63) is 75.2 Å². The van der Waals surface area contributed by atoms with E-state index in [1.54, 1.807) is 31.2 Å². The van der Waals surface area contributed by atoms with E-state index in [0.717, 1.165) is 29.4 Å². The minimum absolute atomic E-state index is 0.244. The van der Waals surface area contributed by atoms with Crippen LogP contribution in [0.4, 0.5) is 5.69 Å². The molecule has 0 saturated carbocycles. The largest absolute Gasteiger partial charge is 0.486 e. The maximum atomic E-state index is 12.8. The Kier molecular flexibility index (Phi) is 9.18. The number of anilines is 1. The predicted octanol–water partition coefficient (Wildman–Crippen LogP) is 5.09. The van der Waals surface area contributed by atoms with Gasteiger partial charge in [-0.05, 0) is 63.3 Å². The van der Waals surface area contributed by atoms with Gasteiger partial charge in [-0.1, -0.05) is 31.5 Å². The predicted molar refractivity (Wildman–Crippen MR) is 135 cm³/mol. The normalized spacial score (nSPS) is 10.9. The summed E-state index contributed by atoms with van der Waals surface area (Å²) in [6, 6.07) is 14.5. The van der Waals surface area contributed by atoms with Gasteiger partial charge < -0.3 is 19.7 Å². The lowest BCUT2D eigenvalue weighted by molar-refractivity contribution is 0.0466. The zero-order valence-electron chi connectivity index (χ0n) is 20.1. The van der Waals surface area contributed by atoms with Crippen LogP contribution >= 0.6 is 11.3 Å². The Morgan fingerprint density at radius 2 is 1.68 bits per heavy atom. The molecule has 1 heterocycles. The van der Waals surface area contributed by atoms with Gasteiger partial charge in [-0.15, -0.1) is 11.3 Å². The quantitative estimate of drug-likeness (QED) is 0.384. The van der Waals surface area contributed by atoms with Crippen molar-refractivity contribution in [2.45, 2.75) is 34.3 Å². The smallest absolute Gasteiger partial charge is 0.338 e. The number of hydrogen-bond acceptors (Lipinski definition) is 7. The molecular formula is C26H31N3O4S. The summed E-state index contributed by atoms with van der Waals surface area (Å²) in [6.07, 6.45) is 0. The molecule has 0 aliphatic carbocycles. The number of hydrogen-bond donors (Lipinski definition) is 1. The van der Waals surface area contributed by atoms with E-state index in [2.05, 4.69) is 29.0 Å². The molecule has 0 aliphatic heterocycles. The number of nitrogens with one attached hydrogen (secondary N) is 1. The highest BCUT2D eigenvalue weighted by molar-refractivity contribution is 7.13. The van der Waals surface area contributed by atoms with E-state index in [9.17, 15) is 9.59 Å². The van der Waals surface area contributed by atoms with E-state index in [4.69, 9.17) is 9.47 Å². The second kappa shape index (κ2) is 12.3. The minimum Gasteiger partial charge on any atom is -0.486 e. The van der Waals surface area contributed by atoms with Crippen LogP contribution in [0.25, 0.3) is 0 Å². The second-order valence-corrected chi connectivity index (χ2v) is 8.90. The van der Waals surface area contributed by atoms with Gasteiger partial charge in [0.1, 0.15) is 28.8 Å². The molecule has 180 valence electrons. The number of esters is 1. The third-order valence-corrected chi connectivity index (χ3v) is 6.47. The Bertz CT molecular complexity index is 1090. The third kappa shape index (κ3) is 7.13. The summed E-state index contributed by atoms with van der Waals surface area (Å²) in [5.74, 6) is 0.142. The van der Waals surface area contributed by atoms with Crippen LogP contribution in [-0.4, -0.2) is 48.0 Å². The molecule has 0 unspecified atom stereocenters. The van der Waals surface area contributed by atoms with E-state index in [-0.39, 0.29) is 11.9 Å². The van der Waals surface area contributed by atoms with Crippen molar-refractivity contribution in [1.82, 2.24) is 9.88 Å². The molecule has 0 aliphatic rings. The molecule has 2 aromatic carbocycles. The summed E-state index contributed by atoms with van der Waals surface area (Å²) in [6.45, 7) is 11.2. The van der Waals surface area contributed by atoms with Crippen molar-refractivity contribution in [1.29, 1.82) is 0 Å². The van der Waals surface area contributed by atoms with Crippen LogP contribution < -0.4 is 10.1 Å². The summed E-state index contributed by atoms with van der Waals surface area (Å²) < 4.78 is 11.1. The topological polar surface area (TPSA) is 80.8 Å². The monoisotopic (exact) mass is 481 g/mol. The Hall–Kier alpha value is -3.23. The first-order chi connectivity index (χ1) is 16.4. The summed E-state index contributed by atoms with van der Waals surface area (Å²) >= 11 is 1.31. The van der Waals surface area contributed by atoms with Crippen molar-refractivity contribution >= 4 is 28.9 Å². The van der Waals surface area contributed by atoms with Crippen LogP contribution in [0.15, 0.2) is 48.5 Å². The average Bonchev–Trinajstić information content (AvgIpc) is 3.22. The highest BCUT2D eigenvalue weighted by Gasteiger charge is 2.16. The Labute approximate surface area is 204 Å². The fourth-order valence-electron chi connectivity index (χ4n) is 3.27. The van der Waals surface area contributed by atoms with E-state index in [0.29, 0.717) is 41.6 Å². The maximum absolute atomic E-state index is 12.8. The first-order valence-corrected chi connectivity index (χ1v) is 12.2. The lowest BCUT2D eigenvalue weighted by Crippen LogP contribution is -2.27. The molecule has 0 radical (unpaired) electrons. The molecule has 3 rings (SSSR count). The number of thiazole rings is 1. The molecule has 0 spiro atoms. The lowest BCUT2D eigenvalue weighted by atomic mass is 10.2. The van der Waals surface area contributed by atoms with Gasteiger partial charge in [-0.2, -0.15) is 0 Å². The molecule has 1 N–H and O–H groups in total. The van der Waals surface area contributed by atoms with E-state index >= 15 is 0 Å². The molecule has 34 heavy (non-hydrogen) atoms. The SMILES string of the molecule is CCN(CC)CCOC(=O)c1ccc(NC(=O)c2sc(COc3ccc(C)cc3)nc2C)cc1. The Morgan fingerprint density at radius 1 is 1.00 bits per heavy atom. The number of ether oxygens (including phenoxy) is 2. The molecular weight excluding hydrogens is 450 g/mol. The molecule has 0 bridgehead atoms. The van der Waals surface area contributed by atoms with Crippen LogP contribution in [0.5, 0.6) is 5.75 Å². The fraction of sp³-hybridized carbons (Fsp3) is 0.346. The van der Waals surface area contributed by atoms with Gasteiger partial charge >= 0.3 is 5.97 Å². The van der Waals surface area contributed by atoms with Crippen LogP contribution in [-0.2, 0) is 11.3 Å². The van der Waals surface area contributed by atoms with E-state index < -0.39 is 0 Å². The number of carbonyl (C=O) groups is 2. The molecule has 0 fully saturated rings. The highest BCUT2D eigenvalue weighted by Crippen LogP contribution is 2.22. The zero-order valence-corrected chi connectivity index (χ0v) is 20.9. The van der Waals surface area contributed by atoms with Crippen LogP contribution in [0.3, 0.4) is 0 Å².